The number of ether oxygens (including phenoxy) is 1. The number of esters is 1. The minimum Gasteiger partial charge on any atom is -0.463 e. The Morgan fingerprint density at radius 1 is 1.11 bits per heavy atom. The van der Waals surface area contributed by atoms with Crippen LogP contribution in [-0.4, -0.2) is 47.1 Å². The Balaban J connectivity index is 1.74. The maximum Gasteiger partial charge on any atom is 0.374 e. The van der Waals surface area contributed by atoms with Crippen LogP contribution in [0.5, 0.6) is 0 Å². The molecule has 0 aliphatic heterocycles. The van der Waals surface area contributed by atoms with Crippen molar-refractivity contribution in [3.8, 4) is 0 Å². The van der Waals surface area contributed by atoms with Crippen LogP contribution in [0.2, 0.25) is 0 Å². The standard InChI is InChI=1S/C22H30O6/c1-21-7-6-11(23)8-15(21)16(24)9-12-13-4-5-14(19(26)20(27)28-3)22(13,2)10-17(25)18(12)21/h9,11,13-15,17-18,23,25H,4-8,10H2,1-3H3/t11-,13?,14-,15+,17+,18?,21+,22+/m1/s1. The molecule has 4 aliphatic carbocycles. The molecule has 0 spiro atoms. The summed E-state index contributed by atoms with van der Waals surface area (Å²) in [5.74, 6) is -2.20. The molecule has 0 saturated heterocycles. The van der Waals surface area contributed by atoms with E-state index in [1.54, 1.807) is 6.08 Å². The smallest absolute Gasteiger partial charge is 0.374 e. The third-order valence-electron chi connectivity index (χ3n) is 8.52. The van der Waals surface area contributed by atoms with E-state index < -0.39 is 35.3 Å². The number of Topliss-reactive ketones (excluding diaryl/α,β-unsaturated/α-hetero) is 1. The van der Waals surface area contributed by atoms with Gasteiger partial charge in [0.05, 0.1) is 19.3 Å². The predicted molar refractivity (Wildman–Crippen MR) is 100 cm³/mol. The van der Waals surface area contributed by atoms with Crippen LogP contribution in [0.25, 0.3) is 0 Å². The van der Waals surface area contributed by atoms with Crippen LogP contribution in [0.1, 0.15) is 52.4 Å². The van der Waals surface area contributed by atoms with Crippen molar-refractivity contribution in [3.05, 3.63) is 11.6 Å². The van der Waals surface area contributed by atoms with Crippen molar-refractivity contribution in [2.24, 2.45) is 34.5 Å². The van der Waals surface area contributed by atoms with Crippen LogP contribution in [-0.2, 0) is 19.1 Å². The van der Waals surface area contributed by atoms with Gasteiger partial charge >= 0.3 is 5.97 Å². The molecule has 0 heterocycles. The van der Waals surface area contributed by atoms with Crippen LogP contribution in [0.15, 0.2) is 11.6 Å². The Morgan fingerprint density at radius 2 is 1.82 bits per heavy atom. The molecule has 0 radical (unpaired) electrons. The molecule has 2 N–H and O–H groups in total. The fourth-order valence-corrected chi connectivity index (χ4v) is 7.15. The summed E-state index contributed by atoms with van der Waals surface area (Å²) in [5.41, 5.74) is 0.0394. The van der Waals surface area contributed by atoms with E-state index in [4.69, 9.17) is 0 Å². The summed E-state index contributed by atoms with van der Waals surface area (Å²) in [4.78, 5) is 37.5. The normalized spacial score (nSPS) is 47.5. The number of hydrogen-bond acceptors (Lipinski definition) is 6. The Hall–Kier alpha value is -1.53. The predicted octanol–water partition coefficient (Wildman–Crippen LogP) is 1.82. The largest absolute Gasteiger partial charge is 0.463 e. The number of carbonyl (C=O) groups excluding carboxylic acids is 3. The summed E-state index contributed by atoms with van der Waals surface area (Å²) in [5, 5.41) is 21.3. The first-order chi connectivity index (χ1) is 13.1. The van der Waals surface area contributed by atoms with E-state index in [0.29, 0.717) is 32.1 Å². The maximum absolute atomic E-state index is 13.0. The summed E-state index contributed by atoms with van der Waals surface area (Å²) in [6.07, 6.45) is 4.10. The van der Waals surface area contributed by atoms with Gasteiger partial charge in [0, 0.05) is 17.8 Å². The second-order valence-corrected chi connectivity index (χ2v) is 9.83. The number of carbonyl (C=O) groups is 3. The highest BCUT2D eigenvalue weighted by atomic mass is 16.5. The summed E-state index contributed by atoms with van der Waals surface area (Å²) in [6, 6.07) is 0. The van der Waals surface area contributed by atoms with Crippen molar-refractivity contribution in [2.75, 3.05) is 7.11 Å². The Kier molecular flexibility index (Phi) is 4.58. The van der Waals surface area contributed by atoms with Gasteiger partial charge in [0.25, 0.3) is 0 Å². The second kappa shape index (κ2) is 6.49. The molecule has 0 amide bonds. The van der Waals surface area contributed by atoms with E-state index in [-0.39, 0.29) is 29.0 Å². The molecule has 0 aromatic carbocycles. The fourth-order valence-electron chi connectivity index (χ4n) is 7.15. The van der Waals surface area contributed by atoms with Gasteiger partial charge in [-0.3, -0.25) is 9.59 Å². The molecule has 4 aliphatic rings. The third kappa shape index (κ3) is 2.57. The lowest BCUT2D eigenvalue weighted by Crippen LogP contribution is -2.57. The minimum atomic E-state index is -0.828. The molecule has 3 saturated carbocycles. The monoisotopic (exact) mass is 390 g/mol. The molecule has 0 aromatic heterocycles. The number of fused-ring (bicyclic) bond motifs is 5. The number of methoxy groups -OCH3 is 1. The molecule has 8 atom stereocenters. The van der Waals surface area contributed by atoms with Crippen LogP contribution in [0.3, 0.4) is 0 Å². The average molecular weight is 390 g/mol. The minimum absolute atomic E-state index is 0.00748. The van der Waals surface area contributed by atoms with Crippen LogP contribution < -0.4 is 0 Å². The van der Waals surface area contributed by atoms with Crippen LogP contribution >= 0.6 is 0 Å². The zero-order valence-electron chi connectivity index (χ0n) is 16.8. The molecule has 2 unspecified atom stereocenters. The zero-order chi connectivity index (χ0) is 20.4. The Morgan fingerprint density at radius 3 is 2.50 bits per heavy atom. The van der Waals surface area contributed by atoms with Crippen LogP contribution in [0.4, 0.5) is 0 Å². The highest BCUT2D eigenvalue weighted by molar-refractivity contribution is 6.34. The zero-order valence-corrected chi connectivity index (χ0v) is 16.8. The van der Waals surface area contributed by atoms with E-state index >= 15 is 0 Å². The van der Waals surface area contributed by atoms with E-state index in [9.17, 15) is 24.6 Å². The van der Waals surface area contributed by atoms with Gasteiger partial charge in [-0.2, -0.15) is 0 Å². The van der Waals surface area contributed by atoms with Crippen molar-refractivity contribution in [1.29, 1.82) is 0 Å². The number of ketones is 2. The summed E-state index contributed by atoms with van der Waals surface area (Å²) in [6.45, 7) is 4.05. The molecular weight excluding hydrogens is 360 g/mol. The van der Waals surface area contributed by atoms with Gasteiger partial charge in [0.2, 0.25) is 5.78 Å². The summed E-state index contributed by atoms with van der Waals surface area (Å²) in [7, 11) is 1.21. The third-order valence-corrected chi connectivity index (χ3v) is 8.52. The maximum atomic E-state index is 13.0. The van der Waals surface area contributed by atoms with Gasteiger partial charge in [-0.15, -0.1) is 0 Å². The molecule has 3 fully saturated rings. The lowest BCUT2D eigenvalue weighted by molar-refractivity contribution is -0.157. The van der Waals surface area contributed by atoms with Gasteiger partial charge in [0.15, 0.2) is 5.78 Å². The highest BCUT2D eigenvalue weighted by Gasteiger charge is 2.63. The van der Waals surface area contributed by atoms with Crippen molar-refractivity contribution < 1.29 is 29.3 Å². The van der Waals surface area contributed by atoms with Crippen molar-refractivity contribution in [3.63, 3.8) is 0 Å². The number of allylic oxidation sites excluding steroid dienone is 1. The summed E-state index contributed by atoms with van der Waals surface area (Å²) >= 11 is 0. The number of rotatable bonds is 2. The number of aliphatic hydroxyl groups excluding tert-OH is 2. The SMILES string of the molecule is COC(=O)C(=O)[C@H]1CCC2C3=CC(=O)[C@@H]4C[C@H](O)CC[C@]4(C)C3[C@@H](O)C[C@@]21C. The van der Waals surface area contributed by atoms with E-state index in [1.807, 2.05) is 6.92 Å². The number of aliphatic hydroxyl groups is 2. The highest BCUT2D eigenvalue weighted by Crippen LogP contribution is 2.65. The molecule has 0 bridgehead atoms. The molecule has 0 aromatic rings. The summed E-state index contributed by atoms with van der Waals surface area (Å²) < 4.78 is 4.65. The number of hydrogen-bond donors (Lipinski definition) is 2. The molecule has 28 heavy (non-hydrogen) atoms. The van der Waals surface area contributed by atoms with Gasteiger partial charge in [-0.05, 0) is 61.3 Å². The van der Waals surface area contributed by atoms with Gasteiger partial charge in [0.1, 0.15) is 0 Å². The first-order valence-electron chi connectivity index (χ1n) is 10.4. The van der Waals surface area contributed by atoms with Gasteiger partial charge in [-0.1, -0.05) is 19.4 Å². The Labute approximate surface area is 165 Å². The average Bonchev–Trinajstić information content (AvgIpc) is 2.98. The first kappa shape index (κ1) is 19.8. The van der Waals surface area contributed by atoms with Crippen molar-refractivity contribution >= 4 is 17.5 Å². The molecule has 154 valence electrons. The second-order valence-electron chi connectivity index (χ2n) is 9.83. The Bertz CT molecular complexity index is 756. The first-order valence-corrected chi connectivity index (χ1v) is 10.4. The van der Waals surface area contributed by atoms with E-state index in [1.165, 1.54) is 7.11 Å². The molecular formula is C22H30O6. The molecule has 6 heteroatoms. The van der Waals surface area contributed by atoms with Crippen LogP contribution in [0, 0.1) is 34.5 Å². The quantitative estimate of drug-likeness (QED) is 0.551. The topological polar surface area (TPSA) is 101 Å². The van der Waals surface area contributed by atoms with Crippen molar-refractivity contribution in [1.82, 2.24) is 0 Å². The van der Waals surface area contributed by atoms with Gasteiger partial charge < -0.3 is 14.9 Å². The molecule has 6 nitrogen and oxygen atoms in total. The van der Waals surface area contributed by atoms with E-state index in [0.717, 1.165) is 12.0 Å². The lowest BCUT2D eigenvalue weighted by Gasteiger charge is -2.58. The fraction of sp³-hybridized carbons (Fsp3) is 0.773. The molecule has 4 rings (SSSR count). The lowest BCUT2D eigenvalue weighted by atomic mass is 9.47. The van der Waals surface area contributed by atoms with Crippen molar-refractivity contribution in [2.45, 2.75) is 64.6 Å². The van der Waals surface area contributed by atoms with Gasteiger partial charge in [-0.25, -0.2) is 4.79 Å². The van der Waals surface area contributed by atoms with E-state index in [2.05, 4.69) is 11.7 Å².